The molecule has 0 bridgehead atoms. The van der Waals surface area contributed by atoms with Gasteiger partial charge >= 0.3 is 0 Å². The van der Waals surface area contributed by atoms with Crippen LogP contribution in [0.5, 0.6) is 0 Å². The Morgan fingerprint density at radius 2 is 2.15 bits per heavy atom. The van der Waals surface area contributed by atoms with Crippen LogP contribution >= 0.6 is 0 Å². The number of carbonyl (C=O) groups excluding carboxylic acids is 1. The molecule has 1 amide bonds. The molecule has 1 unspecified atom stereocenters. The number of nitrogens with one attached hydrogen (secondary N) is 2. The second-order valence-electron chi connectivity index (χ2n) is 7.92. The highest BCUT2D eigenvalue weighted by atomic mass is 16.1. The van der Waals surface area contributed by atoms with Crippen LogP contribution in [0.1, 0.15) is 51.5 Å². The molecule has 3 rings (SSSR count). The largest absolute Gasteiger partial charge is 0.352 e. The Hall–Kier alpha value is -2.04. The van der Waals surface area contributed by atoms with Gasteiger partial charge in [0.15, 0.2) is 5.96 Å². The molecule has 1 heterocycles. The molecule has 142 valence electrons. The monoisotopic (exact) mass is 356 g/mol. The topological polar surface area (TPSA) is 56.7 Å². The Morgan fingerprint density at radius 1 is 1.35 bits per heavy atom. The molecule has 1 aromatic rings. The Bertz CT molecular complexity index is 666. The average molecular weight is 357 g/mol. The second-order valence-corrected chi connectivity index (χ2v) is 7.92. The van der Waals surface area contributed by atoms with E-state index in [1.54, 1.807) is 0 Å². The third kappa shape index (κ3) is 4.19. The highest BCUT2D eigenvalue weighted by molar-refractivity contribution is 5.92. The zero-order valence-electron chi connectivity index (χ0n) is 16.3. The lowest BCUT2D eigenvalue weighted by atomic mass is 9.68. The van der Waals surface area contributed by atoms with Gasteiger partial charge in [0, 0.05) is 38.3 Å². The zero-order valence-corrected chi connectivity index (χ0v) is 16.3. The van der Waals surface area contributed by atoms with Crippen molar-refractivity contribution in [3.63, 3.8) is 0 Å². The minimum atomic E-state index is 0.0320. The Morgan fingerprint density at radius 3 is 2.77 bits per heavy atom. The van der Waals surface area contributed by atoms with E-state index in [4.69, 9.17) is 0 Å². The van der Waals surface area contributed by atoms with Gasteiger partial charge < -0.3 is 15.5 Å². The van der Waals surface area contributed by atoms with Gasteiger partial charge in [-0.25, -0.2) is 0 Å². The molecule has 2 N–H and O–H groups in total. The van der Waals surface area contributed by atoms with Crippen molar-refractivity contribution in [3.8, 4) is 0 Å². The lowest BCUT2D eigenvalue weighted by Gasteiger charge is -2.38. The van der Waals surface area contributed by atoms with Gasteiger partial charge in [0.2, 0.25) is 5.91 Å². The Balaban J connectivity index is 1.55. The molecule has 1 spiro atoms. The normalized spacial score (nSPS) is 20.0. The van der Waals surface area contributed by atoms with Crippen LogP contribution in [0.2, 0.25) is 0 Å². The number of amides is 1. The molecule has 0 aromatic heterocycles. The summed E-state index contributed by atoms with van der Waals surface area (Å²) in [5.74, 6) is 1.10. The summed E-state index contributed by atoms with van der Waals surface area (Å²) in [5, 5.41) is 6.50. The van der Waals surface area contributed by atoms with Crippen molar-refractivity contribution in [1.82, 2.24) is 10.2 Å². The number of nitrogens with zero attached hydrogens (tertiary/aromatic N) is 2. The molecule has 26 heavy (non-hydrogen) atoms. The second kappa shape index (κ2) is 8.11. The molecule has 2 fully saturated rings. The smallest absolute Gasteiger partial charge is 0.227 e. The first kappa shape index (κ1) is 18.7. The third-order valence-electron chi connectivity index (χ3n) is 6.07. The number of hydrogen-bond donors (Lipinski definition) is 2. The van der Waals surface area contributed by atoms with E-state index < -0.39 is 0 Å². The van der Waals surface area contributed by atoms with Gasteiger partial charge in [0.25, 0.3) is 0 Å². The van der Waals surface area contributed by atoms with Gasteiger partial charge in [-0.2, -0.15) is 0 Å². The molecule has 1 aliphatic heterocycles. The fourth-order valence-corrected chi connectivity index (χ4v) is 3.92. The number of anilines is 1. The Labute approximate surface area is 157 Å². The van der Waals surface area contributed by atoms with Gasteiger partial charge in [-0.3, -0.25) is 9.79 Å². The fraction of sp³-hybridized carbons (Fsp3) is 0.619. The molecule has 1 aliphatic carbocycles. The van der Waals surface area contributed by atoms with Crippen molar-refractivity contribution in [1.29, 1.82) is 0 Å². The molecule has 1 saturated carbocycles. The van der Waals surface area contributed by atoms with Crippen molar-refractivity contribution < 1.29 is 4.79 Å². The summed E-state index contributed by atoms with van der Waals surface area (Å²) in [5.41, 5.74) is 2.57. The predicted octanol–water partition coefficient (Wildman–Crippen LogP) is 3.62. The molecule has 2 aliphatic rings. The summed E-state index contributed by atoms with van der Waals surface area (Å²) in [7, 11) is 1.86. The van der Waals surface area contributed by atoms with Gasteiger partial charge in [-0.05, 0) is 48.8 Å². The fourth-order valence-electron chi connectivity index (χ4n) is 3.92. The van der Waals surface area contributed by atoms with Crippen LogP contribution in [0.25, 0.3) is 0 Å². The van der Waals surface area contributed by atoms with E-state index >= 15 is 0 Å². The standard InChI is InChI=1S/C21H32N4O/c1-4-16(2)19(26)24-18-8-5-7-17(13-18)14-23-20(22-3)25-12-11-21(15-25)9-6-10-21/h5,7-8,13,16H,4,6,9-12,14-15H2,1-3H3,(H,22,23)(H,24,26). The van der Waals surface area contributed by atoms with E-state index in [1.165, 1.54) is 25.7 Å². The number of benzene rings is 1. The number of rotatable bonds is 5. The summed E-state index contributed by atoms with van der Waals surface area (Å²) < 4.78 is 0. The third-order valence-corrected chi connectivity index (χ3v) is 6.07. The molecule has 5 nitrogen and oxygen atoms in total. The van der Waals surface area contributed by atoms with Crippen LogP contribution in [0.3, 0.4) is 0 Å². The lowest BCUT2D eigenvalue weighted by Crippen LogP contribution is -2.42. The Kier molecular flexibility index (Phi) is 5.84. The molecular weight excluding hydrogens is 324 g/mol. The van der Waals surface area contributed by atoms with Crippen LogP contribution in [-0.2, 0) is 11.3 Å². The first-order valence-corrected chi connectivity index (χ1v) is 9.91. The van der Waals surface area contributed by atoms with E-state index in [1.807, 2.05) is 39.1 Å². The van der Waals surface area contributed by atoms with E-state index in [0.717, 1.165) is 36.7 Å². The first-order chi connectivity index (χ1) is 12.5. The number of aliphatic imine (C=N–C) groups is 1. The van der Waals surface area contributed by atoms with Gasteiger partial charge in [-0.15, -0.1) is 0 Å². The first-order valence-electron chi connectivity index (χ1n) is 9.91. The summed E-state index contributed by atoms with van der Waals surface area (Å²) in [4.78, 5) is 19.0. The van der Waals surface area contributed by atoms with Crippen molar-refractivity contribution in [2.75, 3.05) is 25.5 Å². The summed E-state index contributed by atoms with van der Waals surface area (Å²) in [6.45, 7) is 6.93. The van der Waals surface area contributed by atoms with Gasteiger partial charge in [-0.1, -0.05) is 32.4 Å². The maximum Gasteiger partial charge on any atom is 0.227 e. The lowest BCUT2D eigenvalue weighted by molar-refractivity contribution is -0.119. The average Bonchev–Trinajstić information content (AvgIpc) is 3.08. The summed E-state index contributed by atoms with van der Waals surface area (Å²) in [6, 6.07) is 8.05. The minimum Gasteiger partial charge on any atom is -0.352 e. The summed E-state index contributed by atoms with van der Waals surface area (Å²) >= 11 is 0. The molecule has 1 atom stereocenters. The molecule has 1 saturated heterocycles. The van der Waals surface area contributed by atoms with Crippen LogP contribution in [0.15, 0.2) is 29.3 Å². The maximum atomic E-state index is 12.1. The SMILES string of the molecule is CCC(C)C(=O)Nc1cccc(CNC(=NC)N2CCC3(CCC3)C2)c1. The number of guanidine groups is 1. The van der Waals surface area contributed by atoms with E-state index in [2.05, 4.69) is 26.6 Å². The van der Waals surface area contributed by atoms with Crippen LogP contribution in [0.4, 0.5) is 5.69 Å². The number of hydrogen-bond acceptors (Lipinski definition) is 2. The van der Waals surface area contributed by atoms with Crippen molar-refractivity contribution in [2.45, 2.75) is 52.5 Å². The van der Waals surface area contributed by atoms with Crippen molar-refractivity contribution >= 4 is 17.6 Å². The van der Waals surface area contributed by atoms with E-state index in [9.17, 15) is 4.79 Å². The minimum absolute atomic E-state index is 0.0320. The van der Waals surface area contributed by atoms with Crippen LogP contribution in [0, 0.1) is 11.3 Å². The van der Waals surface area contributed by atoms with E-state index in [-0.39, 0.29) is 11.8 Å². The molecule has 5 heteroatoms. The van der Waals surface area contributed by atoms with Crippen molar-refractivity contribution in [3.05, 3.63) is 29.8 Å². The maximum absolute atomic E-state index is 12.1. The highest BCUT2D eigenvalue weighted by Gasteiger charge is 2.43. The van der Waals surface area contributed by atoms with Crippen molar-refractivity contribution in [2.24, 2.45) is 16.3 Å². The van der Waals surface area contributed by atoms with Gasteiger partial charge in [0.1, 0.15) is 0 Å². The number of carbonyl (C=O) groups is 1. The van der Waals surface area contributed by atoms with Crippen LogP contribution in [-0.4, -0.2) is 36.9 Å². The van der Waals surface area contributed by atoms with Gasteiger partial charge in [0.05, 0.1) is 0 Å². The molecular formula is C21H32N4O. The highest BCUT2D eigenvalue weighted by Crippen LogP contribution is 2.47. The molecule has 1 aromatic carbocycles. The van der Waals surface area contributed by atoms with Crippen LogP contribution < -0.4 is 10.6 Å². The molecule has 0 radical (unpaired) electrons. The summed E-state index contributed by atoms with van der Waals surface area (Å²) in [6.07, 6.45) is 6.28. The zero-order chi connectivity index (χ0) is 18.6. The predicted molar refractivity (Wildman–Crippen MR) is 107 cm³/mol. The van der Waals surface area contributed by atoms with E-state index in [0.29, 0.717) is 12.0 Å². The quantitative estimate of drug-likeness (QED) is 0.626. The number of likely N-dealkylation sites (tertiary alicyclic amines) is 1.